The highest BCUT2D eigenvalue weighted by Gasteiger charge is 2.53. The van der Waals surface area contributed by atoms with E-state index in [0.717, 1.165) is 12.2 Å². The van der Waals surface area contributed by atoms with Crippen molar-refractivity contribution in [3.63, 3.8) is 0 Å². The third-order valence-electron chi connectivity index (χ3n) is 2.95. The minimum atomic E-state index is -5.92. The van der Waals surface area contributed by atoms with E-state index in [1.54, 1.807) is 0 Å². The van der Waals surface area contributed by atoms with Gasteiger partial charge in [-0.05, 0) is 18.6 Å². The molecule has 132 valence electrons. The van der Waals surface area contributed by atoms with Gasteiger partial charge in [0.1, 0.15) is 11.5 Å². The minimum absolute atomic E-state index is 0.161. The molecule has 0 N–H and O–H groups in total. The van der Waals surface area contributed by atoms with E-state index in [2.05, 4.69) is 8.37 Å². The van der Waals surface area contributed by atoms with Gasteiger partial charge in [0.15, 0.2) is 0 Å². The highest BCUT2D eigenvalue weighted by atomic mass is 32.2. The maximum Gasteiger partial charge on any atom is 0.534 e. The van der Waals surface area contributed by atoms with Crippen LogP contribution in [0.1, 0.15) is 6.42 Å². The van der Waals surface area contributed by atoms with Crippen molar-refractivity contribution in [2.24, 2.45) is 11.8 Å². The van der Waals surface area contributed by atoms with E-state index in [4.69, 9.17) is 0 Å². The van der Waals surface area contributed by atoms with E-state index in [-0.39, 0.29) is 6.42 Å². The van der Waals surface area contributed by atoms with Crippen molar-refractivity contribution in [3.8, 4) is 0 Å². The van der Waals surface area contributed by atoms with E-state index in [0.29, 0.717) is 0 Å². The maximum atomic E-state index is 12.2. The molecule has 0 aromatic rings. The zero-order valence-corrected chi connectivity index (χ0v) is 12.2. The van der Waals surface area contributed by atoms with Gasteiger partial charge in [0.2, 0.25) is 0 Å². The van der Waals surface area contributed by atoms with Crippen LogP contribution in [0.15, 0.2) is 23.7 Å². The molecule has 2 rings (SSSR count). The lowest BCUT2D eigenvalue weighted by molar-refractivity contribution is -0.0531. The monoisotopic (exact) mass is 388 g/mol. The molecule has 2 aliphatic rings. The summed E-state index contributed by atoms with van der Waals surface area (Å²) in [6.07, 6.45) is 1.38. The molecule has 0 aromatic carbocycles. The number of rotatable bonds is 4. The SMILES string of the molecule is O=S(=O)(OC1=C[C@@H]2C[C@H]1C=C2OS(=O)(=O)C(F)(F)F)C(F)(F)F. The van der Waals surface area contributed by atoms with Gasteiger partial charge in [0.25, 0.3) is 0 Å². The second-order valence-electron chi connectivity index (χ2n) is 4.55. The van der Waals surface area contributed by atoms with Crippen molar-refractivity contribution in [3.05, 3.63) is 23.7 Å². The van der Waals surface area contributed by atoms with Gasteiger partial charge in [-0.15, -0.1) is 0 Å². The van der Waals surface area contributed by atoms with Crippen LogP contribution in [0.25, 0.3) is 0 Å². The van der Waals surface area contributed by atoms with Gasteiger partial charge in [-0.1, -0.05) is 0 Å². The van der Waals surface area contributed by atoms with E-state index in [9.17, 15) is 43.2 Å². The molecule has 0 spiro atoms. The van der Waals surface area contributed by atoms with Gasteiger partial charge in [-0.2, -0.15) is 43.2 Å². The van der Waals surface area contributed by atoms with Crippen molar-refractivity contribution >= 4 is 20.2 Å². The van der Waals surface area contributed by atoms with E-state index < -0.39 is 54.6 Å². The van der Waals surface area contributed by atoms with Gasteiger partial charge in [-0.3, -0.25) is 0 Å². The third-order valence-corrected chi connectivity index (χ3v) is 4.91. The quantitative estimate of drug-likeness (QED) is 0.417. The fourth-order valence-electron chi connectivity index (χ4n) is 1.98. The summed E-state index contributed by atoms with van der Waals surface area (Å²) < 4.78 is 124. The van der Waals surface area contributed by atoms with Crippen molar-refractivity contribution in [1.82, 2.24) is 0 Å². The molecule has 2 atom stereocenters. The number of halogens is 6. The van der Waals surface area contributed by atoms with Crippen LogP contribution >= 0.6 is 0 Å². The van der Waals surface area contributed by atoms with Crippen molar-refractivity contribution in [1.29, 1.82) is 0 Å². The Morgan fingerprint density at radius 1 is 0.783 bits per heavy atom. The number of fused-ring (bicyclic) bond motifs is 2. The molecule has 0 aliphatic heterocycles. The normalized spacial score (nSPS) is 25.1. The topological polar surface area (TPSA) is 86.7 Å². The Hall–Kier alpha value is -1.44. The molecule has 0 heterocycles. The Kier molecular flexibility index (Phi) is 3.91. The van der Waals surface area contributed by atoms with Crippen LogP contribution in [0.5, 0.6) is 0 Å². The fourth-order valence-corrected chi connectivity index (χ4v) is 3.03. The largest absolute Gasteiger partial charge is 0.534 e. The second kappa shape index (κ2) is 5.03. The average molecular weight is 388 g/mol. The molecule has 0 radical (unpaired) electrons. The van der Waals surface area contributed by atoms with E-state index in [1.807, 2.05) is 0 Å². The molecular formula is C9H6F6O6S2. The van der Waals surface area contributed by atoms with Gasteiger partial charge in [0.05, 0.1) is 0 Å². The molecule has 0 saturated carbocycles. The Labute approximate surface area is 125 Å². The molecule has 0 unspecified atom stereocenters. The summed E-state index contributed by atoms with van der Waals surface area (Å²) in [6.45, 7) is 0. The predicted octanol–water partition coefficient (Wildman–Crippen LogP) is 2.14. The minimum Gasteiger partial charge on any atom is -0.380 e. The summed E-state index contributed by atoms with van der Waals surface area (Å²) in [6, 6.07) is 0. The molecule has 14 heteroatoms. The summed E-state index contributed by atoms with van der Waals surface area (Å²) in [4.78, 5) is 0. The van der Waals surface area contributed by atoms with E-state index in [1.165, 1.54) is 0 Å². The summed E-state index contributed by atoms with van der Waals surface area (Å²) in [5, 5.41) is 0. The maximum absolute atomic E-state index is 12.2. The van der Waals surface area contributed by atoms with Crippen LogP contribution < -0.4 is 0 Å². The third kappa shape index (κ3) is 3.27. The van der Waals surface area contributed by atoms with Crippen molar-refractivity contribution in [2.45, 2.75) is 17.4 Å². The molecule has 0 amide bonds. The molecule has 2 aliphatic carbocycles. The van der Waals surface area contributed by atoms with Crippen molar-refractivity contribution in [2.75, 3.05) is 0 Å². The van der Waals surface area contributed by atoms with Crippen LogP contribution in [0.2, 0.25) is 0 Å². The molecule has 2 bridgehead atoms. The highest BCUT2D eigenvalue weighted by molar-refractivity contribution is 7.88. The van der Waals surface area contributed by atoms with Crippen LogP contribution in [-0.4, -0.2) is 27.9 Å². The number of hydrogen-bond donors (Lipinski definition) is 0. The zero-order chi connectivity index (χ0) is 17.8. The van der Waals surface area contributed by atoms with Gasteiger partial charge in [-0.25, -0.2) is 0 Å². The smallest absolute Gasteiger partial charge is 0.380 e. The Bertz CT molecular complexity index is 706. The molecule has 0 saturated heterocycles. The number of hydrogen-bond acceptors (Lipinski definition) is 6. The number of allylic oxidation sites excluding steroid dienone is 2. The van der Waals surface area contributed by atoms with Crippen molar-refractivity contribution < 1.29 is 51.5 Å². The molecule has 0 fully saturated rings. The van der Waals surface area contributed by atoms with Crippen LogP contribution in [0.3, 0.4) is 0 Å². The first-order valence-electron chi connectivity index (χ1n) is 5.59. The summed E-state index contributed by atoms with van der Waals surface area (Å²) >= 11 is 0. The van der Waals surface area contributed by atoms with Crippen LogP contribution in [-0.2, 0) is 28.6 Å². The van der Waals surface area contributed by atoms with Gasteiger partial charge < -0.3 is 8.37 Å². The van der Waals surface area contributed by atoms with Gasteiger partial charge >= 0.3 is 31.3 Å². The second-order valence-corrected chi connectivity index (χ2v) is 7.63. The highest BCUT2D eigenvalue weighted by Crippen LogP contribution is 2.46. The van der Waals surface area contributed by atoms with Gasteiger partial charge in [0, 0.05) is 11.8 Å². The molecule has 6 nitrogen and oxygen atoms in total. The lowest BCUT2D eigenvalue weighted by Gasteiger charge is -2.16. The Morgan fingerprint density at radius 3 is 1.30 bits per heavy atom. The van der Waals surface area contributed by atoms with Crippen LogP contribution in [0, 0.1) is 11.8 Å². The Balaban J connectivity index is 2.13. The fraction of sp³-hybridized carbons (Fsp3) is 0.556. The first kappa shape index (κ1) is 17.9. The predicted molar refractivity (Wildman–Crippen MR) is 59.9 cm³/mol. The van der Waals surface area contributed by atoms with Crippen LogP contribution in [0.4, 0.5) is 26.3 Å². The number of alkyl halides is 6. The summed E-state index contributed by atoms with van der Waals surface area (Å²) in [5.41, 5.74) is -11.3. The molecule has 23 heavy (non-hydrogen) atoms. The summed E-state index contributed by atoms with van der Waals surface area (Å²) in [5.74, 6) is -3.56. The standard InChI is InChI=1S/C9H6F6O6S2/c10-8(11,12)22(16,17)20-6-2-4-1-5(6)3-7(4)21-23(18,19)9(13,14)15/h2-5H,1H2/t4-,5-/m0/s1. The lowest BCUT2D eigenvalue weighted by Crippen LogP contribution is -2.27. The van der Waals surface area contributed by atoms with E-state index >= 15 is 0 Å². The first-order valence-corrected chi connectivity index (χ1v) is 8.40. The summed E-state index contributed by atoms with van der Waals surface area (Å²) in [7, 11) is -11.8. The first-order chi connectivity index (χ1) is 10.1. The molecular weight excluding hydrogens is 382 g/mol. The average Bonchev–Trinajstić information content (AvgIpc) is 2.83. The Morgan fingerprint density at radius 2 is 1.09 bits per heavy atom. The molecule has 0 aromatic heterocycles. The lowest BCUT2D eigenvalue weighted by atomic mass is 10.1. The zero-order valence-electron chi connectivity index (χ0n) is 10.6.